The zero-order chi connectivity index (χ0) is 14.0. The number of carboxylic acid groups (broad SMARTS) is 1. The lowest BCUT2D eigenvalue weighted by atomic mass is 10.4. The van der Waals surface area contributed by atoms with Crippen LogP contribution >= 0.6 is 22.7 Å². The first-order chi connectivity index (χ1) is 8.92. The number of rotatable bonds is 5. The number of hydrogen-bond acceptors (Lipinski definition) is 6. The van der Waals surface area contributed by atoms with E-state index in [1.165, 1.54) is 22.8 Å². The molecule has 0 spiro atoms. The van der Waals surface area contributed by atoms with Crippen molar-refractivity contribution in [3.8, 4) is 0 Å². The summed E-state index contributed by atoms with van der Waals surface area (Å²) in [6.45, 7) is 1.66. The fourth-order valence-electron chi connectivity index (χ4n) is 1.46. The lowest BCUT2D eigenvalue weighted by Crippen LogP contribution is -2.27. The molecule has 0 aliphatic heterocycles. The number of hydrogen-bond donors (Lipinski definition) is 2. The fraction of sp³-hybridized carbons (Fsp3) is 0.200. The van der Waals surface area contributed by atoms with Crippen molar-refractivity contribution >= 4 is 38.7 Å². The van der Waals surface area contributed by atoms with Gasteiger partial charge in [-0.1, -0.05) is 0 Å². The quantitative estimate of drug-likeness (QED) is 0.878. The van der Waals surface area contributed by atoms with Crippen LogP contribution in [0.5, 0.6) is 0 Å². The molecular weight excluding hydrogens is 308 g/mol. The molecule has 0 saturated heterocycles. The van der Waals surface area contributed by atoms with Crippen LogP contribution in [0.25, 0.3) is 0 Å². The Bertz CT molecular complexity index is 675. The molecule has 0 aliphatic carbocycles. The number of carboxylic acids is 1. The lowest BCUT2D eigenvalue weighted by molar-refractivity contribution is 0.0698. The topological polar surface area (TPSA) is 96.4 Å². The Morgan fingerprint density at radius 2 is 2.16 bits per heavy atom. The van der Waals surface area contributed by atoms with E-state index in [-0.39, 0.29) is 9.77 Å². The average molecular weight is 318 g/mol. The van der Waals surface area contributed by atoms with Gasteiger partial charge in [-0.25, -0.2) is 22.9 Å². The molecule has 6 nitrogen and oxygen atoms in total. The molecule has 102 valence electrons. The number of aromatic nitrogens is 1. The number of carbonyl (C=O) groups is 1. The van der Waals surface area contributed by atoms with E-state index in [2.05, 4.69) is 9.71 Å². The second kappa shape index (κ2) is 5.37. The van der Waals surface area contributed by atoms with Gasteiger partial charge < -0.3 is 5.11 Å². The predicted molar refractivity (Wildman–Crippen MR) is 72.1 cm³/mol. The minimum Gasteiger partial charge on any atom is -0.477 e. The maximum atomic E-state index is 12.1. The number of nitrogens with zero attached hydrogens (tertiary/aromatic N) is 1. The summed E-state index contributed by atoms with van der Waals surface area (Å²) < 4.78 is 26.7. The Labute approximate surface area is 117 Å². The molecule has 1 unspecified atom stereocenters. The molecule has 2 aromatic heterocycles. The minimum atomic E-state index is -3.87. The molecule has 0 aliphatic rings. The average Bonchev–Trinajstić information content (AvgIpc) is 3.00. The zero-order valence-corrected chi connectivity index (χ0v) is 12.2. The largest absolute Gasteiger partial charge is 0.477 e. The van der Waals surface area contributed by atoms with Crippen molar-refractivity contribution in [2.24, 2.45) is 0 Å². The number of thiophene rings is 1. The van der Waals surface area contributed by atoms with Gasteiger partial charge in [0.25, 0.3) is 0 Å². The monoisotopic (exact) mass is 318 g/mol. The van der Waals surface area contributed by atoms with Crippen LogP contribution in [0.15, 0.2) is 27.9 Å². The summed E-state index contributed by atoms with van der Waals surface area (Å²) in [6, 6.07) is 0.775. The van der Waals surface area contributed by atoms with Gasteiger partial charge in [-0.3, -0.25) is 0 Å². The zero-order valence-electron chi connectivity index (χ0n) is 9.73. The van der Waals surface area contributed by atoms with Crippen LogP contribution in [-0.2, 0) is 10.0 Å². The molecule has 1 atom stereocenters. The SMILES string of the molecule is CC(NS(=O)(=O)c1ccsc1C(=O)O)c1nccs1. The van der Waals surface area contributed by atoms with Gasteiger partial charge in [0.1, 0.15) is 14.8 Å². The van der Waals surface area contributed by atoms with E-state index in [1.54, 1.807) is 18.5 Å². The van der Waals surface area contributed by atoms with E-state index in [9.17, 15) is 13.2 Å². The van der Waals surface area contributed by atoms with Gasteiger partial charge in [-0.05, 0) is 18.4 Å². The van der Waals surface area contributed by atoms with Crippen molar-refractivity contribution in [1.29, 1.82) is 0 Å². The van der Waals surface area contributed by atoms with Crippen molar-refractivity contribution < 1.29 is 18.3 Å². The van der Waals surface area contributed by atoms with Gasteiger partial charge in [-0.15, -0.1) is 22.7 Å². The van der Waals surface area contributed by atoms with Crippen LogP contribution in [-0.4, -0.2) is 24.5 Å². The molecular formula is C10H10N2O4S3. The maximum Gasteiger partial charge on any atom is 0.347 e. The van der Waals surface area contributed by atoms with Gasteiger partial charge in [0.15, 0.2) is 0 Å². The molecule has 0 aromatic carbocycles. The van der Waals surface area contributed by atoms with Crippen LogP contribution in [0.2, 0.25) is 0 Å². The van der Waals surface area contributed by atoms with Crippen LogP contribution in [0, 0.1) is 0 Å². The Morgan fingerprint density at radius 3 is 2.74 bits per heavy atom. The second-order valence-electron chi connectivity index (χ2n) is 3.63. The molecule has 9 heteroatoms. The molecule has 2 aromatic rings. The molecule has 19 heavy (non-hydrogen) atoms. The normalized spacial score (nSPS) is 13.3. The van der Waals surface area contributed by atoms with Crippen molar-refractivity contribution in [3.63, 3.8) is 0 Å². The number of sulfonamides is 1. The highest BCUT2D eigenvalue weighted by molar-refractivity contribution is 7.89. The maximum absolute atomic E-state index is 12.1. The summed E-state index contributed by atoms with van der Waals surface area (Å²) in [5.41, 5.74) is 0. The number of nitrogens with one attached hydrogen (secondary N) is 1. The van der Waals surface area contributed by atoms with E-state index in [0.29, 0.717) is 5.01 Å². The summed E-state index contributed by atoms with van der Waals surface area (Å²) in [7, 11) is -3.87. The highest BCUT2D eigenvalue weighted by Gasteiger charge is 2.26. The van der Waals surface area contributed by atoms with Crippen molar-refractivity contribution in [3.05, 3.63) is 32.9 Å². The third kappa shape index (κ3) is 3.00. The van der Waals surface area contributed by atoms with Crippen LogP contribution in [0.4, 0.5) is 0 Å². The molecule has 0 radical (unpaired) electrons. The van der Waals surface area contributed by atoms with Crippen LogP contribution in [0.3, 0.4) is 0 Å². The van der Waals surface area contributed by atoms with Gasteiger partial charge >= 0.3 is 5.97 Å². The summed E-state index contributed by atoms with van der Waals surface area (Å²) >= 11 is 2.21. The predicted octanol–water partition coefficient (Wildman–Crippen LogP) is 1.94. The van der Waals surface area contributed by atoms with Crippen molar-refractivity contribution in [2.45, 2.75) is 17.9 Å². The first kappa shape index (κ1) is 14.1. The highest BCUT2D eigenvalue weighted by Crippen LogP contribution is 2.24. The highest BCUT2D eigenvalue weighted by atomic mass is 32.2. The van der Waals surface area contributed by atoms with Crippen molar-refractivity contribution in [1.82, 2.24) is 9.71 Å². The van der Waals surface area contributed by atoms with E-state index in [1.807, 2.05) is 0 Å². The van der Waals surface area contributed by atoms with Crippen molar-refractivity contribution in [2.75, 3.05) is 0 Å². The van der Waals surface area contributed by atoms with Gasteiger partial charge in [0.2, 0.25) is 10.0 Å². The first-order valence-corrected chi connectivity index (χ1v) is 8.38. The minimum absolute atomic E-state index is 0.196. The Morgan fingerprint density at radius 1 is 1.42 bits per heavy atom. The van der Waals surface area contributed by atoms with E-state index < -0.39 is 22.0 Å². The number of aromatic carboxylic acids is 1. The number of thiazole rings is 1. The van der Waals surface area contributed by atoms with Gasteiger partial charge in [-0.2, -0.15) is 0 Å². The Hall–Kier alpha value is -1.29. The third-order valence-corrected chi connectivity index (χ3v) is 5.84. The summed E-state index contributed by atoms with van der Waals surface area (Å²) in [4.78, 5) is 14.6. The van der Waals surface area contributed by atoms with E-state index in [0.717, 1.165) is 11.3 Å². The van der Waals surface area contributed by atoms with Gasteiger partial charge in [0, 0.05) is 11.6 Å². The molecule has 0 amide bonds. The third-order valence-electron chi connectivity index (χ3n) is 2.27. The van der Waals surface area contributed by atoms with Gasteiger partial charge in [0.05, 0.1) is 6.04 Å². The second-order valence-corrected chi connectivity index (χ2v) is 7.16. The molecule has 0 fully saturated rings. The smallest absolute Gasteiger partial charge is 0.347 e. The van der Waals surface area contributed by atoms with Crippen LogP contribution in [0.1, 0.15) is 27.6 Å². The lowest BCUT2D eigenvalue weighted by Gasteiger charge is -2.11. The summed E-state index contributed by atoms with van der Waals surface area (Å²) in [6.07, 6.45) is 1.58. The molecule has 2 rings (SSSR count). The Kier molecular flexibility index (Phi) is 3.99. The summed E-state index contributed by atoms with van der Waals surface area (Å²) in [5.74, 6) is -1.25. The molecule has 2 N–H and O–H groups in total. The first-order valence-electron chi connectivity index (χ1n) is 5.14. The molecule has 0 bridgehead atoms. The van der Waals surface area contributed by atoms with E-state index in [4.69, 9.17) is 5.11 Å². The summed E-state index contributed by atoms with van der Waals surface area (Å²) in [5, 5.41) is 12.7. The standard InChI is InChI=1S/C10H10N2O4S3/c1-6(9-11-3-5-18-9)12-19(15,16)7-2-4-17-8(7)10(13)14/h2-6,12H,1H3,(H,13,14). The molecule has 0 saturated carbocycles. The van der Waals surface area contributed by atoms with E-state index >= 15 is 0 Å². The Balaban J connectivity index is 2.28. The molecule has 2 heterocycles. The van der Waals surface area contributed by atoms with Crippen LogP contribution < -0.4 is 4.72 Å². The fourth-order valence-corrected chi connectivity index (χ4v) is 4.65.